The van der Waals surface area contributed by atoms with Gasteiger partial charge in [0.25, 0.3) is 0 Å². The Labute approximate surface area is 117 Å². The van der Waals surface area contributed by atoms with Crippen molar-refractivity contribution in [2.75, 3.05) is 0 Å². The first-order valence-electron chi connectivity index (χ1n) is 6.22. The average molecular weight is 266 g/mol. The second-order valence-corrected chi connectivity index (χ2v) is 4.08. The maximum Gasteiger partial charge on any atom is 0.103 e. The van der Waals surface area contributed by atoms with Crippen LogP contribution >= 0.6 is 12.2 Å². The standard InChI is InChI=1S/C7H9NS.C6H11N.C2H6/c1-5-2-3-6(4-5)7(8)9;1-3-4-5-6(2)7;1-2/h2-5H,1H3,(H2,8,9);3-5H,7H2,1-2H3;1-2H3/b;4-3-,6-5+;. The maximum atomic E-state index is 5.37. The fourth-order valence-corrected chi connectivity index (χ4v) is 1.20. The molecule has 1 aliphatic rings. The molecular formula is C15H26N2S. The zero-order valence-corrected chi connectivity index (χ0v) is 12.9. The third-order valence-corrected chi connectivity index (χ3v) is 2.09. The Morgan fingerprint density at radius 3 is 2.06 bits per heavy atom. The molecule has 1 aliphatic carbocycles. The van der Waals surface area contributed by atoms with E-state index in [2.05, 4.69) is 19.1 Å². The summed E-state index contributed by atoms with van der Waals surface area (Å²) in [4.78, 5) is 0.496. The number of thiocarbonyl (C=S) groups is 1. The molecule has 3 heteroatoms. The topological polar surface area (TPSA) is 52.0 Å². The molecule has 1 unspecified atom stereocenters. The van der Waals surface area contributed by atoms with Crippen molar-refractivity contribution in [3.8, 4) is 0 Å². The van der Waals surface area contributed by atoms with Crippen molar-refractivity contribution in [1.29, 1.82) is 0 Å². The molecule has 4 N–H and O–H groups in total. The van der Waals surface area contributed by atoms with Crippen LogP contribution in [0.3, 0.4) is 0 Å². The van der Waals surface area contributed by atoms with Crippen LogP contribution in [0.2, 0.25) is 0 Å². The van der Waals surface area contributed by atoms with E-state index >= 15 is 0 Å². The second kappa shape index (κ2) is 12.1. The monoisotopic (exact) mass is 266 g/mol. The van der Waals surface area contributed by atoms with Gasteiger partial charge < -0.3 is 11.5 Å². The Balaban J connectivity index is 0. The lowest BCUT2D eigenvalue weighted by molar-refractivity contribution is 0.957. The van der Waals surface area contributed by atoms with E-state index in [0.717, 1.165) is 11.3 Å². The fourth-order valence-electron chi connectivity index (χ4n) is 1.06. The number of allylic oxidation sites excluding steroid dienone is 6. The first kappa shape index (κ1) is 19.0. The highest BCUT2D eigenvalue weighted by Crippen LogP contribution is 2.14. The van der Waals surface area contributed by atoms with Crippen molar-refractivity contribution >= 4 is 17.2 Å². The lowest BCUT2D eigenvalue weighted by Gasteiger charge is -1.91. The summed E-state index contributed by atoms with van der Waals surface area (Å²) in [5.41, 5.74) is 12.5. The first-order valence-corrected chi connectivity index (χ1v) is 6.63. The van der Waals surface area contributed by atoms with Gasteiger partial charge in [-0.15, -0.1) is 0 Å². The molecule has 0 radical (unpaired) electrons. The van der Waals surface area contributed by atoms with Gasteiger partial charge in [0, 0.05) is 11.3 Å². The second-order valence-electron chi connectivity index (χ2n) is 3.64. The van der Waals surface area contributed by atoms with Crippen molar-refractivity contribution in [1.82, 2.24) is 0 Å². The van der Waals surface area contributed by atoms with Gasteiger partial charge in [-0.25, -0.2) is 0 Å². The van der Waals surface area contributed by atoms with Gasteiger partial charge in [-0.1, -0.05) is 63.4 Å². The van der Waals surface area contributed by atoms with E-state index in [0.29, 0.717) is 10.9 Å². The van der Waals surface area contributed by atoms with Crippen LogP contribution in [0.25, 0.3) is 0 Å². The van der Waals surface area contributed by atoms with E-state index in [1.807, 2.05) is 52.0 Å². The molecule has 0 saturated heterocycles. The summed E-state index contributed by atoms with van der Waals surface area (Å²) in [6.45, 7) is 9.92. The molecule has 0 aromatic rings. The normalized spacial score (nSPS) is 17.5. The SMILES string of the molecule is C/C=C\C=C(/C)N.CC.CC1C=CC(C(N)=S)=C1. The molecule has 1 rings (SSSR count). The van der Waals surface area contributed by atoms with Gasteiger partial charge in [-0.2, -0.15) is 0 Å². The largest absolute Gasteiger partial charge is 0.402 e. The predicted molar refractivity (Wildman–Crippen MR) is 87.3 cm³/mol. The van der Waals surface area contributed by atoms with Crippen molar-refractivity contribution in [3.05, 3.63) is 47.7 Å². The van der Waals surface area contributed by atoms with Crippen LogP contribution < -0.4 is 11.5 Å². The van der Waals surface area contributed by atoms with E-state index in [1.54, 1.807) is 0 Å². The van der Waals surface area contributed by atoms with Crippen LogP contribution in [-0.2, 0) is 0 Å². The highest BCUT2D eigenvalue weighted by Gasteiger charge is 2.04. The lowest BCUT2D eigenvalue weighted by Crippen LogP contribution is -2.08. The van der Waals surface area contributed by atoms with Gasteiger partial charge in [0.15, 0.2) is 0 Å². The van der Waals surface area contributed by atoms with Crippen molar-refractivity contribution < 1.29 is 0 Å². The van der Waals surface area contributed by atoms with Crippen LogP contribution in [0.5, 0.6) is 0 Å². The van der Waals surface area contributed by atoms with Gasteiger partial charge in [-0.3, -0.25) is 0 Å². The Kier molecular flexibility index (Phi) is 12.8. The zero-order chi connectivity index (χ0) is 14.6. The predicted octanol–water partition coefficient (Wildman–Crippen LogP) is 3.86. The molecule has 0 spiro atoms. The van der Waals surface area contributed by atoms with Crippen LogP contribution in [0, 0.1) is 5.92 Å². The van der Waals surface area contributed by atoms with E-state index in [1.165, 1.54) is 0 Å². The molecule has 0 saturated carbocycles. The van der Waals surface area contributed by atoms with Crippen molar-refractivity contribution in [2.24, 2.45) is 17.4 Å². The molecule has 18 heavy (non-hydrogen) atoms. The van der Waals surface area contributed by atoms with Crippen LogP contribution in [0.1, 0.15) is 34.6 Å². The summed E-state index contributed by atoms with van der Waals surface area (Å²) in [6.07, 6.45) is 11.8. The van der Waals surface area contributed by atoms with Gasteiger partial charge >= 0.3 is 0 Å². The third kappa shape index (κ3) is 11.1. The zero-order valence-electron chi connectivity index (χ0n) is 12.1. The quantitative estimate of drug-likeness (QED) is 0.589. The average Bonchev–Trinajstić information content (AvgIpc) is 2.77. The van der Waals surface area contributed by atoms with E-state index < -0.39 is 0 Å². The Hall–Kier alpha value is -1.35. The molecule has 0 aliphatic heterocycles. The smallest absolute Gasteiger partial charge is 0.103 e. The van der Waals surface area contributed by atoms with Gasteiger partial charge in [-0.05, 0) is 25.8 Å². The lowest BCUT2D eigenvalue weighted by atomic mass is 10.2. The maximum absolute atomic E-state index is 5.37. The first-order chi connectivity index (χ1) is 8.47. The highest BCUT2D eigenvalue weighted by molar-refractivity contribution is 7.80. The Morgan fingerprint density at radius 2 is 1.89 bits per heavy atom. The number of nitrogens with two attached hydrogens (primary N) is 2. The minimum Gasteiger partial charge on any atom is -0.402 e. The Morgan fingerprint density at radius 1 is 1.33 bits per heavy atom. The molecule has 1 atom stereocenters. The van der Waals surface area contributed by atoms with Crippen LogP contribution in [-0.4, -0.2) is 4.99 Å². The molecular weight excluding hydrogens is 240 g/mol. The third-order valence-electron chi connectivity index (χ3n) is 1.86. The molecule has 0 bridgehead atoms. The molecule has 0 aromatic carbocycles. The summed E-state index contributed by atoms with van der Waals surface area (Å²) in [7, 11) is 0. The van der Waals surface area contributed by atoms with Gasteiger partial charge in [0.1, 0.15) is 4.99 Å². The molecule has 0 heterocycles. The molecule has 2 nitrogen and oxygen atoms in total. The highest BCUT2D eigenvalue weighted by atomic mass is 32.1. The van der Waals surface area contributed by atoms with E-state index in [4.69, 9.17) is 23.7 Å². The van der Waals surface area contributed by atoms with E-state index in [-0.39, 0.29) is 0 Å². The molecule has 0 amide bonds. The minimum absolute atomic E-state index is 0.496. The fraction of sp³-hybridized carbons (Fsp3) is 0.400. The summed E-state index contributed by atoms with van der Waals surface area (Å²) < 4.78 is 0. The number of rotatable bonds is 2. The van der Waals surface area contributed by atoms with Crippen molar-refractivity contribution in [3.63, 3.8) is 0 Å². The molecule has 0 aromatic heterocycles. The van der Waals surface area contributed by atoms with Crippen LogP contribution in [0.4, 0.5) is 0 Å². The summed E-state index contributed by atoms with van der Waals surface area (Å²) >= 11 is 4.77. The van der Waals surface area contributed by atoms with Gasteiger partial charge in [0.2, 0.25) is 0 Å². The van der Waals surface area contributed by atoms with Crippen molar-refractivity contribution in [2.45, 2.75) is 34.6 Å². The van der Waals surface area contributed by atoms with Gasteiger partial charge in [0.05, 0.1) is 0 Å². The summed E-state index contributed by atoms with van der Waals surface area (Å²) in [5.74, 6) is 0.501. The van der Waals surface area contributed by atoms with E-state index in [9.17, 15) is 0 Å². The van der Waals surface area contributed by atoms with Crippen LogP contribution in [0.15, 0.2) is 47.7 Å². The minimum atomic E-state index is 0.496. The number of hydrogen-bond donors (Lipinski definition) is 2. The summed E-state index contributed by atoms with van der Waals surface area (Å²) in [6, 6.07) is 0. The molecule has 0 fully saturated rings. The summed E-state index contributed by atoms with van der Waals surface area (Å²) in [5, 5.41) is 0. The molecule has 102 valence electrons. The number of hydrogen-bond acceptors (Lipinski definition) is 2. The Bertz CT molecular complexity index is 346.